The molecule has 24 heavy (non-hydrogen) atoms. The lowest BCUT2D eigenvalue weighted by Crippen LogP contribution is -2.23. The molecule has 0 saturated heterocycles. The van der Waals surface area contributed by atoms with Crippen molar-refractivity contribution in [1.82, 2.24) is 0 Å². The summed E-state index contributed by atoms with van der Waals surface area (Å²) < 4.78 is 31.1. The molecule has 0 radical (unpaired) electrons. The molecule has 1 aliphatic heterocycles. The van der Waals surface area contributed by atoms with Crippen LogP contribution < -0.4 is 5.46 Å². The van der Waals surface area contributed by atoms with Gasteiger partial charge in [-0.05, 0) is 12.0 Å². The van der Waals surface area contributed by atoms with E-state index in [1.54, 1.807) is 0 Å². The Morgan fingerprint density at radius 1 is 1.12 bits per heavy atom. The molecule has 0 spiro atoms. The van der Waals surface area contributed by atoms with Crippen molar-refractivity contribution in [1.29, 1.82) is 0 Å². The fourth-order valence-corrected chi connectivity index (χ4v) is 2.88. The van der Waals surface area contributed by atoms with E-state index in [-0.39, 0.29) is 12.7 Å². The Hall–Kier alpha value is -2.04. The predicted molar refractivity (Wildman–Crippen MR) is 92.4 cm³/mol. The number of Topliss-reactive ketones (excluding diaryl/α,β-unsaturated/α-hetero) is 1. The van der Waals surface area contributed by atoms with Crippen LogP contribution in [0.1, 0.15) is 28.4 Å². The second-order valence-electron chi connectivity index (χ2n) is 6.22. The molecule has 0 amide bonds. The molecular weight excluding hydrogens is 312 g/mol. The quantitative estimate of drug-likeness (QED) is 0.594. The van der Waals surface area contributed by atoms with E-state index < -0.39 is 6.18 Å². The number of fused-ring (bicyclic) bond motifs is 1. The molecule has 1 nitrogen and oxygen atoms in total. The maximum absolute atomic E-state index is 12.2. The van der Waals surface area contributed by atoms with Crippen molar-refractivity contribution in [3.8, 4) is 0 Å². The normalized spacial score (nSPS) is 13.1. The smallest absolute Gasteiger partial charge is 0.294 e. The lowest BCUT2D eigenvalue weighted by Gasteiger charge is -2.07. The van der Waals surface area contributed by atoms with E-state index in [1.165, 1.54) is 23.8 Å². The molecule has 0 aliphatic carbocycles. The number of carbonyl (C=O) groups excluding carboxylic acids is 1. The van der Waals surface area contributed by atoms with Gasteiger partial charge in [-0.2, -0.15) is 13.2 Å². The highest BCUT2D eigenvalue weighted by Gasteiger charge is 2.21. The van der Waals surface area contributed by atoms with Gasteiger partial charge in [0.05, 0.1) is 0 Å². The van der Waals surface area contributed by atoms with Gasteiger partial charge in [0.2, 0.25) is 0 Å². The van der Waals surface area contributed by atoms with Gasteiger partial charge in [0.25, 0.3) is 0 Å². The predicted octanol–water partition coefficient (Wildman–Crippen LogP) is 4.57. The van der Waals surface area contributed by atoms with Gasteiger partial charge in [-0.15, -0.1) is 0 Å². The molecule has 3 rings (SSSR count). The van der Waals surface area contributed by atoms with E-state index in [0.29, 0.717) is 13.1 Å². The SMILES string of the molecule is CB1CCc2ccc(CC(=O)c3ccccc3)cc21.CC(F)(F)F. The molecule has 2 aromatic carbocycles. The van der Waals surface area contributed by atoms with Crippen LogP contribution >= 0.6 is 0 Å². The highest BCUT2D eigenvalue weighted by Crippen LogP contribution is 2.16. The summed E-state index contributed by atoms with van der Waals surface area (Å²) >= 11 is 0. The Morgan fingerprint density at radius 3 is 2.38 bits per heavy atom. The lowest BCUT2D eigenvalue weighted by atomic mass is 9.48. The minimum atomic E-state index is -4.00. The summed E-state index contributed by atoms with van der Waals surface area (Å²) in [6, 6.07) is 16.1. The Bertz CT molecular complexity index is 690. The third kappa shape index (κ3) is 5.55. The maximum Gasteiger partial charge on any atom is 0.386 e. The number of ketones is 1. The largest absolute Gasteiger partial charge is 0.386 e. The van der Waals surface area contributed by atoms with Gasteiger partial charge in [0.15, 0.2) is 12.5 Å². The van der Waals surface area contributed by atoms with Gasteiger partial charge in [0.1, 0.15) is 0 Å². The second-order valence-corrected chi connectivity index (χ2v) is 6.22. The van der Waals surface area contributed by atoms with Crippen LogP contribution in [0.5, 0.6) is 0 Å². The fraction of sp³-hybridized carbons (Fsp3) is 0.316. The first-order chi connectivity index (χ1) is 11.2. The number of hydrogen-bond donors (Lipinski definition) is 0. The lowest BCUT2D eigenvalue weighted by molar-refractivity contribution is -0.110. The number of hydrogen-bond acceptors (Lipinski definition) is 1. The highest BCUT2D eigenvalue weighted by molar-refractivity contribution is 6.73. The average Bonchev–Trinajstić information content (AvgIpc) is 2.88. The number of aryl methyl sites for hydroxylation is 1. The van der Waals surface area contributed by atoms with Gasteiger partial charge >= 0.3 is 6.18 Å². The third-order valence-corrected chi connectivity index (χ3v) is 4.05. The minimum Gasteiger partial charge on any atom is -0.294 e. The zero-order chi connectivity index (χ0) is 17.7. The summed E-state index contributed by atoms with van der Waals surface area (Å²) in [5.41, 5.74) is 4.85. The first kappa shape index (κ1) is 18.3. The molecule has 0 atom stereocenters. The van der Waals surface area contributed by atoms with E-state index in [2.05, 4.69) is 25.0 Å². The van der Waals surface area contributed by atoms with E-state index in [9.17, 15) is 18.0 Å². The number of benzene rings is 2. The first-order valence-electron chi connectivity index (χ1n) is 8.00. The maximum atomic E-state index is 12.2. The van der Waals surface area contributed by atoms with Crippen LogP contribution in [-0.2, 0) is 12.8 Å². The van der Waals surface area contributed by atoms with E-state index in [4.69, 9.17) is 0 Å². The van der Waals surface area contributed by atoms with Crippen molar-refractivity contribution < 1.29 is 18.0 Å². The summed E-state index contributed by atoms with van der Waals surface area (Å²) in [7, 11) is 0. The van der Waals surface area contributed by atoms with E-state index >= 15 is 0 Å². The van der Waals surface area contributed by atoms with Crippen molar-refractivity contribution >= 4 is 18.0 Å². The number of alkyl halides is 3. The summed E-state index contributed by atoms with van der Waals surface area (Å²) in [6.45, 7) is 3.10. The zero-order valence-electron chi connectivity index (χ0n) is 13.9. The monoisotopic (exact) mass is 332 g/mol. The van der Waals surface area contributed by atoms with Crippen LogP contribution in [0.25, 0.3) is 0 Å². The van der Waals surface area contributed by atoms with Crippen LogP contribution in [0.2, 0.25) is 13.1 Å². The Morgan fingerprint density at radius 2 is 1.75 bits per heavy atom. The molecule has 2 aromatic rings. The summed E-state index contributed by atoms with van der Waals surface area (Å²) in [4.78, 5) is 12.2. The molecule has 0 saturated carbocycles. The Kier molecular flexibility index (Phi) is 5.87. The molecule has 0 N–H and O–H groups in total. The van der Waals surface area contributed by atoms with Gasteiger partial charge in [-0.25, -0.2) is 0 Å². The van der Waals surface area contributed by atoms with E-state index in [0.717, 1.165) is 11.1 Å². The van der Waals surface area contributed by atoms with Crippen LogP contribution in [0.4, 0.5) is 13.2 Å². The van der Waals surface area contributed by atoms with Crippen LogP contribution in [0, 0.1) is 0 Å². The molecule has 0 aromatic heterocycles. The van der Waals surface area contributed by atoms with E-state index in [1.807, 2.05) is 30.3 Å². The standard InChI is InChI=1S/C17H17BO.C2H3F3/c1-18-10-9-14-8-7-13(11-16(14)18)12-17(19)15-5-3-2-4-6-15;1-2(3,4)5/h2-8,11H,9-10,12H2,1H3;1H3. The van der Waals surface area contributed by atoms with Crippen LogP contribution in [0.15, 0.2) is 48.5 Å². The van der Waals surface area contributed by atoms with Gasteiger partial charge in [-0.3, -0.25) is 4.79 Å². The molecule has 0 fully saturated rings. The van der Waals surface area contributed by atoms with Crippen LogP contribution in [-0.4, -0.2) is 18.7 Å². The van der Waals surface area contributed by atoms with Crippen molar-refractivity contribution in [2.45, 2.75) is 39.1 Å². The Balaban J connectivity index is 0.000000368. The number of carbonyl (C=O) groups is 1. The van der Waals surface area contributed by atoms with Crippen molar-refractivity contribution in [2.24, 2.45) is 0 Å². The second kappa shape index (κ2) is 7.69. The molecule has 5 heteroatoms. The molecule has 0 unspecified atom stereocenters. The highest BCUT2D eigenvalue weighted by atomic mass is 19.4. The molecule has 0 bridgehead atoms. The first-order valence-corrected chi connectivity index (χ1v) is 8.00. The van der Waals surface area contributed by atoms with Crippen molar-refractivity contribution in [3.63, 3.8) is 0 Å². The van der Waals surface area contributed by atoms with Gasteiger partial charge in [0, 0.05) is 18.9 Å². The summed E-state index contributed by atoms with van der Waals surface area (Å²) in [5, 5.41) is 0. The third-order valence-electron chi connectivity index (χ3n) is 4.05. The summed E-state index contributed by atoms with van der Waals surface area (Å²) in [5.74, 6) is 0.200. The molecule has 1 heterocycles. The van der Waals surface area contributed by atoms with Crippen molar-refractivity contribution in [2.75, 3.05) is 0 Å². The zero-order valence-corrected chi connectivity index (χ0v) is 13.9. The molecule has 1 aliphatic rings. The number of rotatable bonds is 3. The fourth-order valence-electron chi connectivity index (χ4n) is 2.88. The minimum absolute atomic E-state index is 0.188. The molecule has 126 valence electrons. The van der Waals surface area contributed by atoms with Crippen molar-refractivity contribution in [3.05, 3.63) is 65.2 Å². The molecular formula is C19H20BF3O. The summed E-state index contributed by atoms with van der Waals surface area (Å²) in [6.07, 6.45) is -1.07. The van der Waals surface area contributed by atoms with Gasteiger partial charge < -0.3 is 0 Å². The van der Waals surface area contributed by atoms with Crippen LogP contribution in [0.3, 0.4) is 0 Å². The average molecular weight is 332 g/mol. The topological polar surface area (TPSA) is 17.1 Å². The Labute approximate surface area is 141 Å². The number of halogens is 3. The van der Waals surface area contributed by atoms with Gasteiger partial charge in [-0.1, -0.05) is 72.7 Å².